The fraction of sp³-hybridized carbons (Fsp3) is 0.800. The molecular weight excluding hydrogens is 151 g/mol. The normalized spacial score (nSPS) is 15.1. The second-order valence-corrected chi connectivity index (χ2v) is 6.43. The highest BCUT2D eigenvalue weighted by Gasteiger charge is 2.46. The monoisotopic (exact) mass is 169 g/mol. The van der Waals surface area contributed by atoms with Crippen molar-refractivity contribution >= 4 is 8.19 Å². The fourth-order valence-corrected chi connectivity index (χ4v) is 2.64. The van der Waals surface area contributed by atoms with Gasteiger partial charge in [-0.3, -0.25) is 0 Å². The first-order valence-corrected chi connectivity index (χ1v) is 5.09. The van der Waals surface area contributed by atoms with Gasteiger partial charge in [-0.15, -0.1) is 0 Å². The minimum atomic E-state index is 0.407. The molecule has 0 spiro atoms. The third kappa shape index (κ3) is 1.99. The maximum atomic E-state index is 2.30. The summed E-state index contributed by atoms with van der Waals surface area (Å²) in [6.07, 6.45) is 0. The van der Waals surface area contributed by atoms with Crippen molar-refractivity contribution in [1.82, 2.24) is 0 Å². The molecule has 0 radical (unpaired) electrons. The van der Waals surface area contributed by atoms with Crippen LogP contribution in [0.3, 0.4) is 0 Å². The Labute approximate surface area is 71.8 Å². The molecule has 0 atom stereocenters. The fourth-order valence-electron chi connectivity index (χ4n) is 1.13. The van der Waals surface area contributed by atoms with E-state index in [2.05, 4.69) is 41.5 Å². The Balaban J connectivity index is 2.76. The average Bonchev–Trinajstić information content (AvgIpc) is 2.30. The average molecular weight is 169 g/mol. The van der Waals surface area contributed by atoms with Crippen LogP contribution in [0.4, 0.5) is 0 Å². The first-order valence-electron chi connectivity index (χ1n) is 4.20. The molecule has 0 aliphatic rings. The van der Waals surface area contributed by atoms with Gasteiger partial charge in [-0.05, 0) is 41.5 Å². The maximum absolute atomic E-state index is 2.30. The molecule has 0 aromatic carbocycles. The van der Waals surface area contributed by atoms with Gasteiger partial charge in [-0.2, -0.15) is 0 Å². The van der Waals surface area contributed by atoms with E-state index in [-0.39, 0.29) is 0 Å². The summed E-state index contributed by atoms with van der Waals surface area (Å²) >= 11 is 0. The minimum absolute atomic E-state index is 0.407. The molecule has 0 unspecified atom stereocenters. The van der Waals surface area contributed by atoms with Crippen molar-refractivity contribution in [1.29, 1.82) is 0 Å². The topological polar surface area (TPSA) is 0 Å². The summed E-state index contributed by atoms with van der Waals surface area (Å²) in [6, 6.07) is 0. The van der Waals surface area contributed by atoms with Crippen LogP contribution in [0.5, 0.6) is 0 Å². The summed E-state index contributed by atoms with van der Waals surface area (Å²) < 4.78 is 0. The predicted octanol–water partition coefficient (Wildman–Crippen LogP) is 4.02. The molecule has 1 rings (SSSR count). The Hall–Kier alpha value is 0.0400. The second-order valence-electron chi connectivity index (χ2n) is 5.31. The number of hydrogen-bond acceptors (Lipinski definition) is 0. The summed E-state index contributed by atoms with van der Waals surface area (Å²) in [5.74, 6) is 0. The van der Waals surface area contributed by atoms with E-state index in [9.17, 15) is 0 Å². The van der Waals surface area contributed by atoms with Crippen molar-refractivity contribution < 1.29 is 0 Å². The lowest BCUT2D eigenvalue weighted by atomic mass is 9.86. The van der Waals surface area contributed by atoms with Crippen molar-refractivity contribution in [3.8, 4) is 0 Å². The Kier molecular flexibility index (Phi) is 1.88. The molecule has 62 valence electrons. The van der Waals surface area contributed by atoms with Gasteiger partial charge in [0.05, 0.1) is 10.8 Å². The van der Waals surface area contributed by atoms with Crippen LogP contribution in [0, 0.1) is 0 Å². The molecule has 0 nitrogen and oxygen atoms in total. The standard InChI is InChI=1S/C10H18P/c1-9(2,3)7-8(11-7)10(4,5)6/h1-6H3/q+1. The zero-order valence-corrected chi connectivity index (χ0v) is 9.34. The molecule has 1 heteroatoms. The van der Waals surface area contributed by atoms with Crippen molar-refractivity contribution in [2.45, 2.75) is 52.4 Å². The van der Waals surface area contributed by atoms with E-state index in [1.54, 1.807) is 10.6 Å². The zero-order valence-electron chi connectivity index (χ0n) is 8.45. The number of hydrogen-bond donors (Lipinski definition) is 0. The molecule has 11 heavy (non-hydrogen) atoms. The van der Waals surface area contributed by atoms with Crippen LogP contribution in [0.25, 0.3) is 0 Å². The SMILES string of the molecule is CC(C)(C)c1p[c+]1C(C)(C)C. The van der Waals surface area contributed by atoms with Crippen LogP contribution in [-0.4, -0.2) is 0 Å². The van der Waals surface area contributed by atoms with Gasteiger partial charge in [0.2, 0.25) is 10.6 Å². The summed E-state index contributed by atoms with van der Waals surface area (Å²) in [4.78, 5) is 0. The summed E-state index contributed by atoms with van der Waals surface area (Å²) in [5.41, 5.74) is 0.814. The molecule has 1 aromatic rings. The molecule has 0 amide bonds. The third-order valence-corrected chi connectivity index (χ3v) is 3.83. The van der Waals surface area contributed by atoms with E-state index in [0.29, 0.717) is 10.8 Å². The van der Waals surface area contributed by atoms with Crippen LogP contribution >= 0.6 is 8.19 Å². The van der Waals surface area contributed by atoms with Crippen LogP contribution < -0.4 is 0 Å². The molecule has 0 aliphatic carbocycles. The predicted molar refractivity (Wildman–Crippen MR) is 53.1 cm³/mol. The van der Waals surface area contributed by atoms with Gasteiger partial charge in [0.25, 0.3) is 0 Å². The van der Waals surface area contributed by atoms with Crippen LogP contribution in [0.15, 0.2) is 0 Å². The first-order chi connectivity index (χ1) is 4.73. The van der Waals surface area contributed by atoms with Crippen LogP contribution in [0.1, 0.15) is 52.1 Å². The highest BCUT2D eigenvalue weighted by molar-refractivity contribution is 7.39. The van der Waals surface area contributed by atoms with Crippen molar-refractivity contribution in [2.75, 3.05) is 0 Å². The molecule has 0 N–H and O–H groups in total. The molecule has 0 fully saturated rings. The molecule has 0 bridgehead atoms. The Morgan fingerprint density at radius 1 is 1.00 bits per heavy atom. The van der Waals surface area contributed by atoms with Crippen LogP contribution in [-0.2, 0) is 10.8 Å². The third-order valence-electron chi connectivity index (χ3n) is 1.82. The van der Waals surface area contributed by atoms with E-state index in [0.717, 1.165) is 0 Å². The van der Waals surface area contributed by atoms with Gasteiger partial charge in [0, 0.05) is 0 Å². The van der Waals surface area contributed by atoms with Gasteiger partial charge >= 0.3 is 0 Å². The van der Waals surface area contributed by atoms with Crippen molar-refractivity contribution in [3.63, 3.8) is 0 Å². The Bertz CT molecular complexity index is 196. The van der Waals surface area contributed by atoms with E-state index in [4.69, 9.17) is 0 Å². The van der Waals surface area contributed by atoms with E-state index >= 15 is 0 Å². The molecule has 0 saturated heterocycles. The lowest BCUT2D eigenvalue weighted by Crippen LogP contribution is -2.12. The molecule has 1 heterocycles. The summed E-state index contributed by atoms with van der Waals surface area (Å²) in [6.45, 7) is 13.8. The van der Waals surface area contributed by atoms with Crippen molar-refractivity contribution in [2.24, 2.45) is 0 Å². The molecular formula is C10H18P+. The number of rotatable bonds is 0. The second kappa shape index (κ2) is 2.26. The largest absolute Gasteiger partial charge is 0.202 e. The van der Waals surface area contributed by atoms with Gasteiger partial charge in [-0.1, -0.05) is 0 Å². The van der Waals surface area contributed by atoms with Gasteiger partial charge < -0.3 is 0 Å². The van der Waals surface area contributed by atoms with E-state index in [1.807, 2.05) is 0 Å². The van der Waals surface area contributed by atoms with E-state index < -0.39 is 0 Å². The van der Waals surface area contributed by atoms with E-state index in [1.165, 1.54) is 8.19 Å². The highest BCUT2D eigenvalue weighted by atomic mass is 31.0. The lowest BCUT2D eigenvalue weighted by Gasteiger charge is -2.08. The minimum Gasteiger partial charge on any atom is -0.0359 e. The quantitative estimate of drug-likeness (QED) is 0.514. The Morgan fingerprint density at radius 3 is 1.55 bits per heavy atom. The smallest absolute Gasteiger partial charge is 0.0359 e. The van der Waals surface area contributed by atoms with Crippen LogP contribution in [0.2, 0.25) is 0 Å². The van der Waals surface area contributed by atoms with Gasteiger partial charge in [-0.25, -0.2) is 0 Å². The van der Waals surface area contributed by atoms with Gasteiger partial charge in [0.15, 0.2) is 8.19 Å². The highest BCUT2D eigenvalue weighted by Crippen LogP contribution is 2.51. The Morgan fingerprint density at radius 2 is 1.45 bits per heavy atom. The van der Waals surface area contributed by atoms with Gasteiger partial charge in [0.1, 0.15) is 0 Å². The summed E-state index contributed by atoms with van der Waals surface area (Å²) in [5, 5.41) is 3.31. The summed E-state index contributed by atoms with van der Waals surface area (Å²) in [7, 11) is 1.52. The molecule has 0 aliphatic heterocycles. The first kappa shape index (κ1) is 9.13. The molecule has 0 saturated carbocycles. The molecule has 1 aromatic heterocycles. The van der Waals surface area contributed by atoms with Crippen molar-refractivity contribution in [3.05, 3.63) is 10.6 Å². The maximum Gasteiger partial charge on any atom is 0.202 e. The lowest BCUT2D eigenvalue weighted by molar-refractivity contribution is 0.563. The zero-order chi connectivity index (χ0) is 8.86.